The fraction of sp³-hybridized carbons (Fsp3) is 0.462. The fourth-order valence-electron chi connectivity index (χ4n) is 2.21. The molecule has 4 heteroatoms. The largest absolute Gasteiger partial charge is 0.506 e. The van der Waals surface area contributed by atoms with Crippen LogP contribution in [0.5, 0.6) is 5.75 Å². The first-order valence-corrected chi connectivity index (χ1v) is 6.27. The zero-order chi connectivity index (χ0) is 12.4. The molecule has 1 aromatic carbocycles. The van der Waals surface area contributed by atoms with Crippen molar-refractivity contribution in [2.45, 2.75) is 32.2 Å². The van der Waals surface area contributed by atoms with Crippen molar-refractivity contribution in [2.24, 2.45) is 0 Å². The van der Waals surface area contributed by atoms with E-state index in [9.17, 15) is 9.90 Å². The number of carbonyl (C=O) groups excluding carboxylic acids is 1. The topological polar surface area (TPSA) is 40.5 Å². The summed E-state index contributed by atoms with van der Waals surface area (Å²) in [5, 5.41) is 9.55. The first-order valence-electron chi connectivity index (χ1n) is 5.89. The molecule has 1 heterocycles. The number of amides is 1. The maximum atomic E-state index is 12.3. The van der Waals surface area contributed by atoms with Gasteiger partial charge in [-0.2, -0.15) is 0 Å². The predicted octanol–water partition coefficient (Wildman–Crippen LogP) is 3.06. The number of benzene rings is 1. The van der Waals surface area contributed by atoms with Gasteiger partial charge in [0.15, 0.2) is 0 Å². The van der Waals surface area contributed by atoms with E-state index >= 15 is 0 Å². The van der Waals surface area contributed by atoms with Crippen molar-refractivity contribution >= 4 is 17.5 Å². The van der Waals surface area contributed by atoms with Gasteiger partial charge in [-0.05, 0) is 44.4 Å². The summed E-state index contributed by atoms with van der Waals surface area (Å²) in [4.78, 5) is 14.1. The highest BCUT2D eigenvalue weighted by Crippen LogP contribution is 2.26. The van der Waals surface area contributed by atoms with Crippen molar-refractivity contribution in [3.05, 3.63) is 28.8 Å². The van der Waals surface area contributed by atoms with Gasteiger partial charge in [0.2, 0.25) is 0 Å². The highest BCUT2D eigenvalue weighted by molar-refractivity contribution is 6.32. The Morgan fingerprint density at radius 3 is 2.88 bits per heavy atom. The number of aromatic hydroxyl groups is 1. The zero-order valence-electron chi connectivity index (χ0n) is 9.82. The van der Waals surface area contributed by atoms with Crippen LogP contribution in [0.1, 0.15) is 36.5 Å². The van der Waals surface area contributed by atoms with E-state index in [0.717, 1.165) is 19.4 Å². The number of hydrogen-bond acceptors (Lipinski definition) is 2. The van der Waals surface area contributed by atoms with E-state index < -0.39 is 0 Å². The van der Waals surface area contributed by atoms with Crippen LogP contribution in [0, 0.1) is 0 Å². The van der Waals surface area contributed by atoms with Crippen LogP contribution in [-0.4, -0.2) is 28.5 Å². The molecule has 1 amide bonds. The molecule has 1 aliphatic heterocycles. The lowest BCUT2D eigenvalue weighted by atomic mass is 10.0. The van der Waals surface area contributed by atoms with Gasteiger partial charge in [0, 0.05) is 18.2 Å². The molecule has 1 aliphatic rings. The number of halogens is 1. The maximum absolute atomic E-state index is 12.3. The van der Waals surface area contributed by atoms with E-state index in [4.69, 9.17) is 11.6 Å². The molecule has 17 heavy (non-hydrogen) atoms. The Morgan fingerprint density at radius 1 is 1.47 bits per heavy atom. The Hall–Kier alpha value is -1.22. The molecule has 2 rings (SSSR count). The quantitative estimate of drug-likeness (QED) is 0.836. The second kappa shape index (κ2) is 4.96. The number of phenolic OH excluding ortho intramolecular Hbond substituents is 1. The Labute approximate surface area is 106 Å². The first-order chi connectivity index (χ1) is 8.09. The van der Waals surface area contributed by atoms with Crippen LogP contribution in [0.3, 0.4) is 0 Å². The van der Waals surface area contributed by atoms with E-state index in [2.05, 4.69) is 6.92 Å². The number of nitrogens with zero attached hydrogens (tertiary/aromatic N) is 1. The third-order valence-corrected chi connectivity index (χ3v) is 3.56. The van der Waals surface area contributed by atoms with Crippen molar-refractivity contribution < 1.29 is 9.90 Å². The van der Waals surface area contributed by atoms with Crippen LogP contribution in [0.25, 0.3) is 0 Å². The lowest BCUT2D eigenvalue weighted by Gasteiger charge is -2.33. The summed E-state index contributed by atoms with van der Waals surface area (Å²) < 4.78 is 0. The van der Waals surface area contributed by atoms with Crippen LogP contribution in [0.15, 0.2) is 18.2 Å². The van der Waals surface area contributed by atoms with E-state index in [0.29, 0.717) is 5.56 Å². The Kier molecular flexibility index (Phi) is 3.57. The average molecular weight is 254 g/mol. The van der Waals surface area contributed by atoms with Gasteiger partial charge in [-0.25, -0.2) is 0 Å². The van der Waals surface area contributed by atoms with Crippen LogP contribution in [0.2, 0.25) is 5.02 Å². The molecule has 1 saturated heterocycles. The van der Waals surface area contributed by atoms with Crippen molar-refractivity contribution in [3.8, 4) is 5.75 Å². The second-order valence-corrected chi connectivity index (χ2v) is 4.92. The van der Waals surface area contributed by atoms with Gasteiger partial charge in [-0.1, -0.05) is 11.6 Å². The molecule has 0 bridgehead atoms. The van der Waals surface area contributed by atoms with Gasteiger partial charge in [-0.3, -0.25) is 4.79 Å². The number of phenols is 1. The molecular formula is C13H16ClNO2. The molecule has 0 radical (unpaired) electrons. The van der Waals surface area contributed by atoms with Crippen molar-refractivity contribution in [1.82, 2.24) is 4.90 Å². The third kappa shape index (κ3) is 2.55. The first kappa shape index (κ1) is 12.2. The van der Waals surface area contributed by atoms with E-state index in [1.807, 2.05) is 4.90 Å². The number of rotatable bonds is 1. The molecule has 1 unspecified atom stereocenters. The molecule has 1 aromatic rings. The minimum absolute atomic E-state index is 0.000833. The minimum atomic E-state index is -0.000833. The van der Waals surface area contributed by atoms with Gasteiger partial charge >= 0.3 is 0 Å². The summed E-state index contributed by atoms with van der Waals surface area (Å²) in [7, 11) is 0. The van der Waals surface area contributed by atoms with Crippen molar-refractivity contribution in [1.29, 1.82) is 0 Å². The van der Waals surface area contributed by atoms with Crippen molar-refractivity contribution in [2.75, 3.05) is 6.54 Å². The molecule has 0 aromatic heterocycles. The molecule has 1 N–H and O–H groups in total. The summed E-state index contributed by atoms with van der Waals surface area (Å²) in [6.07, 6.45) is 3.29. The third-order valence-electron chi connectivity index (χ3n) is 3.26. The lowest BCUT2D eigenvalue weighted by Crippen LogP contribution is -2.42. The van der Waals surface area contributed by atoms with Gasteiger partial charge in [0.25, 0.3) is 5.91 Å². The second-order valence-electron chi connectivity index (χ2n) is 4.51. The molecule has 1 fully saturated rings. The summed E-state index contributed by atoms with van der Waals surface area (Å²) in [6, 6.07) is 4.89. The summed E-state index contributed by atoms with van der Waals surface area (Å²) >= 11 is 5.81. The van der Waals surface area contributed by atoms with Gasteiger partial charge in [0.1, 0.15) is 5.75 Å². The summed E-state index contributed by atoms with van der Waals surface area (Å²) in [6.45, 7) is 2.87. The monoisotopic (exact) mass is 253 g/mol. The molecule has 0 aliphatic carbocycles. The van der Waals surface area contributed by atoms with E-state index in [1.54, 1.807) is 6.07 Å². The Balaban J connectivity index is 2.21. The lowest BCUT2D eigenvalue weighted by molar-refractivity contribution is 0.0635. The Morgan fingerprint density at radius 2 is 2.24 bits per heavy atom. The van der Waals surface area contributed by atoms with Gasteiger partial charge in [0.05, 0.1) is 5.02 Å². The van der Waals surface area contributed by atoms with Crippen molar-refractivity contribution in [3.63, 3.8) is 0 Å². The molecule has 0 saturated carbocycles. The SMILES string of the molecule is CC1CCCCN1C(=O)c1ccc(O)c(Cl)c1. The zero-order valence-corrected chi connectivity index (χ0v) is 10.6. The highest BCUT2D eigenvalue weighted by atomic mass is 35.5. The summed E-state index contributed by atoms with van der Waals surface area (Å²) in [5.41, 5.74) is 0.543. The molecular weight excluding hydrogens is 238 g/mol. The molecule has 1 atom stereocenters. The maximum Gasteiger partial charge on any atom is 0.254 e. The predicted molar refractivity (Wildman–Crippen MR) is 67.5 cm³/mol. The smallest absolute Gasteiger partial charge is 0.254 e. The number of hydrogen-bond donors (Lipinski definition) is 1. The minimum Gasteiger partial charge on any atom is -0.506 e. The van der Waals surface area contributed by atoms with Crippen LogP contribution < -0.4 is 0 Å². The molecule has 92 valence electrons. The van der Waals surface area contributed by atoms with Gasteiger partial charge < -0.3 is 10.0 Å². The van der Waals surface area contributed by atoms with E-state index in [-0.39, 0.29) is 22.7 Å². The fourth-order valence-corrected chi connectivity index (χ4v) is 2.39. The summed E-state index contributed by atoms with van der Waals surface area (Å²) in [5.74, 6) is 0.00834. The number of carbonyl (C=O) groups is 1. The standard InChI is InChI=1S/C13H16ClNO2/c1-9-4-2-3-7-15(9)13(17)10-5-6-12(16)11(14)8-10/h5-6,8-9,16H,2-4,7H2,1H3. The van der Waals surface area contributed by atoms with E-state index in [1.165, 1.54) is 18.6 Å². The average Bonchev–Trinajstić information content (AvgIpc) is 2.32. The molecule has 3 nitrogen and oxygen atoms in total. The van der Waals surface area contributed by atoms with Gasteiger partial charge in [-0.15, -0.1) is 0 Å². The van der Waals surface area contributed by atoms with Crippen LogP contribution in [-0.2, 0) is 0 Å². The number of piperidine rings is 1. The van der Waals surface area contributed by atoms with Crippen LogP contribution in [0.4, 0.5) is 0 Å². The van der Waals surface area contributed by atoms with Crippen LogP contribution >= 0.6 is 11.6 Å². The normalized spacial score (nSPS) is 20.4. The number of likely N-dealkylation sites (tertiary alicyclic amines) is 1. The molecule has 0 spiro atoms. The Bertz CT molecular complexity index is 433. The highest BCUT2D eigenvalue weighted by Gasteiger charge is 2.24.